The maximum atomic E-state index is 5.24. The first-order valence-corrected chi connectivity index (χ1v) is 20.1. The Morgan fingerprint density at radius 3 is 1.54 bits per heavy atom. The fraction of sp³-hybridized carbons (Fsp3) is 0. The number of hydrogen-bond donors (Lipinski definition) is 0. The Kier molecular flexibility index (Phi) is 8.49. The summed E-state index contributed by atoms with van der Waals surface area (Å²) >= 11 is 0. The third-order valence-electron chi connectivity index (χ3n) is 11.4. The van der Waals surface area contributed by atoms with Crippen LogP contribution in [0.25, 0.3) is 106 Å². The van der Waals surface area contributed by atoms with E-state index in [0.717, 1.165) is 39.2 Å². The van der Waals surface area contributed by atoms with E-state index in [1.54, 1.807) is 0 Å². The van der Waals surface area contributed by atoms with Crippen LogP contribution in [0.15, 0.2) is 224 Å². The molecule has 0 aliphatic heterocycles. The molecule has 0 fully saturated rings. The van der Waals surface area contributed by atoms with Crippen LogP contribution in [-0.4, -0.2) is 14.5 Å². The number of hydrogen-bond acceptors (Lipinski definition) is 2. The van der Waals surface area contributed by atoms with Gasteiger partial charge in [-0.05, 0) is 80.6 Å². The number of para-hydroxylation sites is 2. The van der Waals surface area contributed by atoms with Crippen LogP contribution in [0.3, 0.4) is 0 Å². The van der Waals surface area contributed by atoms with E-state index in [1.807, 2.05) is 24.3 Å². The van der Waals surface area contributed by atoms with Crippen molar-refractivity contribution in [3.05, 3.63) is 224 Å². The molecule has 2 aromatic heterocycles. The molecule has 0 atom stereocenters. The van der Waals surface area contributed by atoms with Crippen molar-refractivity contribution < 1.29 is 0 Å². The van der Waals surface area contributed by atoms with Gasteiger partial charge in [0.2, 0.25) is 0 Å². The molecule has 3 nitrogen and oxygen atoms in total. The van der Waals surface area contributed by atoms with Crippen LogP contribution in [0, 0.1) is 0 Å². The summed E-state index contributed by atoms with van der Waals surface area (Å²) in [4.78, 5) is 10.4. The maximum absolute atomic E-state index is 5.24. The fourth-order valence-corrected chi connectivity index (χ4v) is 8.66. The smallest absolute Gasteiger partial charge is 0.160 e. The van der Waals surface area contributed by atoms with Crippen molar-refractivity contribution in [2.24, 2.45) is 0 Å². The lowest BCUT2D eigenvalue weighted by molar-refractivity contribution is 1.18. The first kappa shape index (κ1) is 34.4. The minimum atomic E-state index is 0.703. The molecule has 0 radical (unpaired) electrons. The van der Waals surface area contributed by atoms with Crippen LogP contribution in [0.2, 0.25) is 0 Å². The molecule has 0 aliphatic rings. The Bertz CT molecular complexity index is 3290. The molecule has 0 aliphatic carbocycles. The summed E-state index contributed by atoms with van der Waals surface area (Å²) in [6.45, 7) is 0. The summed E-state index contributed by atoms with van der Waals surface area (Å²) in [5.41, 5.74) is 15.5. The van der Waals surface area contributed by atoms with Gasteiger partial charge in [0.05, 0.1) is 22.4 Å². The van der Waals surface area contributed by atoms with Crippen LogP contribution >= 0.6 is 0 Å². The molecule has 3 heteroatoms. The average molecular weight is 752 g/mol. The van der Waals surface area contributed by atoms with E-state index < -0.39 is 0 Å². The normalized spacial score (nSPS) is 11.4. The fourth-order valence-electron chi connectivity index (χ4n) is 8.66. The van der Waals surface area contributed by atoms with Crippen LogP contribution in [0.4, 0.5) is 0 Å². The Hall–Kier alpha value is -7.88. The molecule has 0 saturated heterocycles. The van der Waals surface area contributed by atoms with E-state index in [4.69, 9.17) is 9.97 Å². The minimum absolute atomic E-state index is 0.703. The van der Waals surface area contributed by atoms with Gasteiger partial charge in [0.1, 0.15) is 0 Å². The SMILES string of the molecule is c1ccc(-c2ccc(-c3cc(-c4ccc(-c5cccc(-c6cccc7c6c6ccccc6n7-c6ccccc6)c5)c5ccccc45)nc(-c4ccccc4)n3)cc2)cc1. The number of nitrogens with zero attached hydrogens (tertiary/aromatic N) is 3. The molecule has 11 aromatic rings. The van der Waals surface area contributed by atoms with E-state index in [-0.39, 0.29) is 0 Å². The van der Waals surface area contributed by atoms with Crippen LogP contribution in [0.1, 0.15) is 0 Å². The lowest BCUT2D eigenvalue weighted by Gasteiger charge is -2.15. The molecular formula is C56H37N3. The van der Waals surface area contributed by atoms with Crippen molar-refractivity contribution >= 4 is 32.6 Å². The molecule has 9 aromatic carbocycles. The molecule has 276 valence electrons. The van der Waals surface area contributed by atoms with Crippen molar-refractivity contribution in [1.29, 1.82) is 0 Å². The third kappa shape index (κ3) is 6.17. The monoisotopic (exact) mass is 751 g/mol. The van der Waals surface area contributed by atoms with E-state index in [1.165, 1.54) is 60.6 Å². The number of benzene rings is 9. The molecule has 0 spiro atoms. The van der Waals surface area contributed by atoms with Crippen molar-refractivity contribution in [3.8, 4) is 73.0 Å². The lowest BCUT2D eigenvalue weighted by Crippen LogP contribution is -1.97. The molecular weight excluding hydrogens is 715 g/mol. The number of fused-ring (bicyclic) bond motifs is 4. The van der Waals surface area contributed by atoms with Gasteiger partial charge in [0.25, 0.3) is 0 Å². The second kappa shape index (κ2) is 14.6. The van der Waals surface area contributed by atoms with Crippen molar-refractivity contribution in [1.82, 2.24) is 14.5 Å². The zero-order valence-corrected chi connectivity index (χ0v) is 32.2. The Morgan fingerprint density at radius 2 is 0.797 bits per heavy atom. The molecule has 0 unspecified atom stereocenters. The second-order valence-electron chi connectivity index (χ2n) is 14.9. The summed E-state index contributed by atoms with van der Waals surface area (Å²) in [6.07, 6.45) is 0. The molecule has 0 bridgehead atoms. The predicted octanol–water partition coefficient (Wildman–Crippen LogP) is 14.7. The van der Waals surface area contributed by atoms with Crippen molar-refractivity contribution in [2.75, 3.05) is 0 Å². The Labute approximate surface area is 343 Å². The zero-order valence-electron chi connectivity index (χ0n) is 32.2. The van der Waals surface area contributed by atoms with Crippen molar-refractivity contribution in [3.63, 3.8) is 0 Å². The molecule has 11 rings (SSSR count). The summed E-state index contributed by atoms with van der Waals surface area (Å²) in [5, 5.41) is 4.82. The van der Waals surface area contributed by atoms with E-state index in [2.05, 4.69) is 205 Å². The van der Waals surface area contributed by atoms with Crippen LogP contribution in [-0.2, 0) is 0 Å². The quantitative estimate of drug-likeness (QED) is 0.162. The molecule has 0 saturated carbocycles. The molecule has 2 heterocycles. The maximum Gasteiger partial charge on any atom is 0.160 e. The summed E-state index contributed by atoms with van der Waals surface area (Å²) < 4.78 is 2.38. The zero-order chi connectivity index (χ0) is 39.1. The Morgan fingerprint density at radius 1 is 0.288 bits per heavy atom. The summed E-state index contributed by atoms with van der Waals surface area (Å²) in [7, 11) is 0. The van der Waals surface area contributed by atoms with Crippen molar-refractivity contribution in [2.45, 2.75) is 0 Å². The topological polar surface area (TPSA) is 30.7 Å². The minimum Gasteiger partial charge on any atom is -0.309 e. The number of rotatable bonds is 7. The first-order chi connectivity index (χ1) is 29.3. The van der Waals surface area contributed by atoms with Crippen LogP contribution < -0.4 is 0 Å². The Balaban J connectivity index is 1.04. The average Bonchev–Trinajstić information content (AvgIpc) is 3.67. The van der Waals surface area contributed by atoms with Gasteiger partial charge >= 0.3 is 0 Å². The highest BCUT2D eigenvalue weighted by atomic mass is 15.0. The highest BCUT2D eigenvalue weighted by Gasteiger charge is 2.18. The summed E-state index contributed by atoms with van der Waals surface area (Å²) in [6, 6.07) is 79.9. The number of aromatic nitrogens is 3. The lowest BCUT2D eigenvalue weighted by atomic mass is 9.91. The van der Waals surface area contributed by atoms with Gasteiger partial charge in [-0.3, -0.25) is 0 Å². The van der Waals surface area contributed by atoms with Gasteiger partial charge in [-0.1, -0.05) is 188 Å². The molecule has 0 amide bonds. The van der Waals surface area contributed by atoms with Gasteiger partial charge in [-0.2, -0.15) is 0 Å². The van der Waals surface area contributed by atoms with E-state index >= 15 is 0 Å². The van der Waals surface area contributed by atoms with Gasteiger partial charge in [0, 0.05) is 33.2 Å². The van der Waals surface area contributed by atoms with Crippen LogP contribution in [0.5, 0.6) is 0 Å². The van der Waals surface area contributed by atoms with E-state index in [0.29, 0.717) is 5.82 Å². The predicted molar refractivity (Wildman–Crippen MR) is 246 cm³/mol. The highest BCUT2D eigenvalue weighted by molar-refractivity contribution is 6.16. The second-order valence-corrected chi connectivity index (χ2v) is 14.9. The largest absolute Gasteiger partial charge is 0.309 e. The van der Waals surface area contributed by atoms with Gasteiger partial charge in [-0.15, -0.1) is 0 Å². The van der Waals surface area contributed by atoms with Gasteiger partial charge < -0.3 is 4.57 Å². The molecule has 0 N–H and O–H groups in total. The van der Waals surface area contributed by atoms with Gasteiger partial charge in [0.15, 0.2) is 5.82 Å². The van der Waals surface area contributed by atoms with E-state index in [9.17, 15) is 0 Å². The summed E-state index contributed by atoms with van der Waals surface area (Å²) in [5.74, 6) is 0.703. The standard InChI is InChI=1S/C56H37N3/c1-4-16-38(17-5-1)39-30-32-40(33-31-39)51-37-52(58-56(57-51)41-18-6-2-7-19-41)49-35-34-45(47-24-10-11-25-48(47)49)42-20-14-21-43(36-42)46-27-15-29-54-55(46)50-26-12-13-28-53(50)59(54)44-22-8-3-9-23-44/h1-37H. The highest BCUT2D eigenvalue weighted by Crippen LogP contribution is 2.41. The molecule has 59 heavy (non-hydrogen) atoms. The third-order valence-corrected chi connectivity index (χ3v) is 11.4. The van der Waals surface area contributed by atoms with Gasteiger partial charge in [-0.25, -0.2) is 9.97 Å². The first-order valence-electron chi connectivity index (χ1n) is 20.1.